The van der Waals surface area contributed by atoms with Crippen molar-refractivity contribution in [2.75, 3.05) is 19.0 Å². The maximum atomic E-state index is 13.5. The standard InChI is InChI=1S/C29H31N5O3/c1-18-7-9-21(10-8-18)16-34-27-20(3)15-33(29(36)24-6-5-13-30-24)17-23(27)26(32-34)28(35)31-22-11-12-25(37-4)19(2)14-22/h5-14,20,30H,15-17H2,1-4H3,(H,31,35). The van der Waals surface area contributed by atoms with Crippen molar-refractivity contribution in [2.45, 2.75) is 39.8 Å². The molecule has 8 heteroatoms. The van der Waals surface area contributed by atoms with E-state index in [1.54, 1.807) is 30.3 Å². The maximum Gasteiger partial charge on any atom is 0.276 e. The second-order valence-electron chi connectivity index (χ2n) is 9.66. The molecule has 0 bridgehead atoms. The first-order valence-corrected chi connectivity index (χ1v) is 12.4. The summed E-state index contributed by atoms with van der Waals surface area (Å²) in [5, 5.41) is 7.79. The lowest BCUT2D eigenvalue weighted by atomic mass is 9.95. The average Bonchev–Trinajstić information content (AvgIpc) is 3.54. The molecule has 2 N–H and O–H groups in total. The van der Waals surface area contributed by atoms with Crippen molar-refractivity contribution in [3.05, 3.63) is 100 Å². The summed E-state index contributed by atoms with van der Waals surface area (Å²) in [6.45, 7) is 7.47. The molecule has 37 heavy (non-hydrogen) atoms. The summed E-state index contributed by atoms with van der Waals surface area (Å²) in [5.74, 6) is 0.367. The van der Waals surface area contributed by atoms with Crippen LogP contribution in [0.3, 0.4) is 0 Å². The molecule has 0 fully saturated rings. The summed E-state index contributed by atoms with van der Waals surface area (Å²) in [6, 6.07) is 17.4. The number of fused-ring (bicyclic) bond motifs is 1. The van der Waals surface area contributed by atoms with Gasteiger partial charge in [-0.2, -0.15) is 5.10 Å². The lowest BCUT2D eigenvalue weighted by molar-refractivity contribution is 0.0711. The molecule has 2 aromatic heterocycles. The third-order valence-corrected chi connectivity index (χ3v) is 6.84. The number of anilines is 1. The number of amides is 2. The Balaban J connectivity index is 1.51. The van der Waals surface area contributed by atoms with Gasteiger partial charge in [0, 0.05) is 35.6 Å². The minimum Gasteiger partial charge on any atom is -0.496 e. The van der Waals surface area contributed by atoms with Gasteiger partial charge in [0.05, 0.1) is 20.2 Å². The highest BCUT2D eigenvalue weighted by Gasteiger charge is 2.34. The van der Waals surface area contributed by atoms with Gasteiger partial charge < -0.3 is 19.9 Å². The van der Waals surface area contributed by atoms with Gasteiger partial charge in [-0.25, -0.2) is 0 Å². The molecule has 0 spiro atoms. The lowest BCUT2D eigenvalue weighted by Gasteiger charge is -2.32. The molecule has 5 rings (SSSR count). The van der Waals surface area contributed by atoms with Crippen molar-refractivity contribution in [3.8, 4) is 5.75 Å². The molecule has 0 aliphatic carbocycles. The van der Waals surface area contributed by atoms with Gasteiger partial charge in [0.1, 0.15) is 11.4 Å². The van der Waals surface area contributed by atoms with E-state index >= 15 is 0 Å². The predicted octanol–water partition coefficient (Wildman–Crippen LogP) is 4.90. The summed E-state index contributed by atoms with van der Waals surface area (Å²) in [6.07, 6.45) is 1.74. The van der Waals surface area contributed by atoms with Gasteiger partial charge >= 0.3 is 0 Å². The first kappa shape index (κ1) is 24.4. The second kappa shape index (κ2) is 9.97. The molecule has 0 radical (unpaired) electrons. The molecule has 0 saturated carbocycles. The summed E-state index contributed by atoms with van der Waals surface area (Å²) >= 11 is 0. The van der Waals surface area contributed by atoms with Crippen LogP contribution in [0.1, 0.15) is 61.8 Å². The number of aryl methyl sites for hydroxylation is 2. The Bertz CT molecular complexity index is 1440. The van der Waals surface area contributed by atoms with E-state index < -0.39 is 0 Å². The number of carbonyl (C=O) groups is 2. The first-order valence-electron chi connectivity index (χ1n) is 12.4. The number of methoxy groups -OCH3 is 1. The number of benzene rings is 2. The van der Waals surface area contributed by atoms with Gasteiger partial charge in [0.25, 0.3) is 11.8 Å². The molecule has 8 nitrogen and oxygen atoms in total. The van der Waals surface area contributed by atoms with E-state index in [1.165, 1.54) is 5.56 Å². The van der Waals surface area contributed by atoms with Crippen molar-refractivity contribution in [3.63, 3.8) is 0 Å². The van der Waals surface area contributed by atoms with Crippen LogP contribution < -0.4 is 10.1 Å². The molecule has 1 aliphatic heterocycles. The molecule has 3 heterocycles. The van der Waals surface area contributed by atoms with E-state index in [-0.39, 0.29) is 17.7 Å². The molecule has 2 amide bonds. The molecule has 0 saturated heterocycles. The van der Waals surface area contributed by atoms with Crippen LogP contribution in [0.15, 0.2) is 60.8 Å². The zero-order valence-electron chi connectivity index (χ0n) is 21.5. The Morgan fingerprint density at radius 1 is 1.14 bits per heavy atom. The maximum absolute atomic E-state index is 13.5. The third kappa shape index (κ3) is 4.87. The quantitative estimate of drug-likeness (QED) is 0.396. The van der Waals surface area contributed by atoms with Crippen molar-refractivity contribution in [1.82, 2.24) is 19.7 Å². The second-order valence-corrected chi connectivity index (χ2v) is 9.66. The normalized spacial score (nSPS) is 14.8. The van der Waals surface area contributed by atoms with Crippen LogP contribution in [-0.2, 0) is 13.1 Å². The topological polar surface area (TPSA) is 92.2 Å². The van der Waals surface area contributed by atoms with Crippen LogP contribution in [0.2, 0.25) is 0 Å². The highest BCUT2D eigenvalue weighted by molar-refractivity contribution is 6.04. The van der Waals surface area contributed by atoms with Gasteiger partial charge in [0.2, 0.25) is 0 Å². The van der Waals surface area contributed by atoms with E-state index in [0.717, 1.165) is 28.1 Å². The Hall–Kier alpha value is -4.33. The Morgan fingerprint density at radius 2 is 1.92 bits per heavy atom. The molecule has 190 valence electrons. The highest BCUT2D eigenvalue weighted by Crippen LogP contribution is 2.32. The number of nitrogens with zero attached hydrogens (tertiary/aromatic N) is 3. The number of hydrogen-bond acceptors (Lipinski definition) is 4. The molecule has 1 aliphatic rings. The zero-order valence-corrected chi connectivity index (χ0v) is 21.5. The van der Waals surface area contributed by atoms with Gasteiger partial charge in [-0.1, -0.05) is 36.8 Å². The van der Waals surface area contributed by atoms with Crippen LogP contribution in [0, 0.1) is 13.8 Å². The number of aromatic nitrogens is 3. The average molecular weight is 498 g/mol. The van der Waals surface area contributed by atoms with E-state index in [2.05, 4.69) is 48.4 Å². The smallest absolute Gasteiger partial charge is 0.276 e. The zero-order chi connectivity index (χ0) is 26.1. The van der Waals surface area contributed by atoms with Crippen LogP contribution in [0.4, 0.5) is 5.69 Å². The number of H-pyrrole nitrogens is 1. The molecule has 1 atom stereocenters. The summed E-state index contributed by atoms with van der Waals surface area (Å²) in [5.41, 5.74) is 6.52. The van der Waals surface area contributed by atoms with Crippen molar-refractivity contribution in [2.24, 2.45) is 0 Å². The fraction of sp³-hybridized carbons (Fsp3) is 0.276. The lowest BCUT2D eigenvalue weighted by Crippen LogP contribution is -2.38. The Labute approximate surface area is 216 Å². The molecule has 4 aromatic rings. The number of hydrogen-bond donors (Lipinski definition) is 2. The van der Waals surface area contributed by atoms with Gasteiger partial charge in [-0.3, -0.25) is 14.3 Å². The van der Waals surface area contributed by atoms with Crippen molar-refractivity contribution < 1.29 is 14.3 Å². The number of rotatable bonds is 6. The van der Waals surface area contributed by atoms with Crippen LogP contribution in [-0.4, -0.2) is 45.1 Å². The predicted molar refractivity (Wildman–Crippen MR) is 142 cm³/mol. The minimum absolute atomic E-state index is 0.00499. The van der Waals surface area contributed by atoms with E-state index in [0.29, 0.717) is 36.7 Å². The molecule has 1 unspecified atom stereocenters. The van der Waals surface area contributed by atoms with Gasteiger partial charge in [-0.15, -0.1) is 0 Å². The van der Waals surface area contributed by atoms with Crippen molar-refractivity contribution >= 4 is 17.5 Å². The largest absolute Gasteiger partial charge is 0.496 e. The highest BCUT2D eigenvalue weighted by atomic mass is 16.5. The summed E-state index contributed by atoms with van der Waals surface area (Å²) in [7, 11) is 1.62. The fourth-order valence-electron chi connectivity index (χ4n) is 5.00. The fourth-order valence-corrected chi connectivity index (χ4v) is 5.00. The Morgan fingerprint density at radius 3 is 2.59 bits per heavy atom. The Kier molecular flexibility index (Phi) is 6.56. The van der Waals surface area contributed by atoms with Crippen molar-refractivity contribution in [1.29, 1.82) is 0 Å². The molecule has 2 aromatic carbocycles. The van der Waals surface area contributed by atoms with E-state index in [1.807, 2.05) is 29.8 Å². The number of aromatic amines is 1. The molecular weight excluding hydrogens is 466 g/mol. The van der Waals surface area contributed by atoms with Crippen LogP contribution >= 0.6 is 0 Å². The summed E-state index contributed by atoms with van der Waals surface area (Å²) < 4.78 is 7.27. The molecular formula is C29H31N5O3. The third-order valence-electron chi connectivity index (χ3n) is 6.84. The van der Waals surface area contributed by atoms with Crippen LogP contribution in [0.25, 0.3) is 0 Å². The van der Waals surface area contributed by atoms with E-state index in [4.69, 9.17) is 9.84 Å². The SMILES string of the molecule is COc1ccc(NC(=O)c2nn(Cc3ccc(C)cc3)c3c2CN(C(=O)c2ccc[nH]2)CC3C)cc1C. The minimum atomic E-state index is -0.301. The number of nitrogens with one attached hydrogen (secondary N) is 2. The summed E-state index contributed by atoms with van der Waals surface area (Å²) in [4.78, 5) is 31.5. The number of carbonyl (C=O) groups excluding carboxylic acids is 2. The number of ether oxygens (including phenoxy) is 1. The first-order chi connectivity index (χ1) is 17.8. The van der Waals surface area contributed by atoms with E-state index in [9.17, 15) is 9.59 Å². The van der Waals surface area contributed by atoms with Gasteiger partial charge in [-0.05, 0) is 55.3 Å². The van der Waals surface area contributed by atoms with Gasteiger partial charge in [0.15, 0.2) is 5.69 Å². The van der Waals surface area contributed by atoms with Crippen LogP contribution in [0.5, 0.6) is 5.75 Å². The monoisotopic (exact) mass is 497 g/mol.